The molecule has 1 aromatic heterocycles. The Bertz CT molecular complexity index is 418. The number of rotatable bonds is 5. The van der Waals surface area contributed by atoms with Gasteiger partial charge < -0.3 is 20.2 Å². The molecule has 1 aliphatic rings. The second kappa shape index (κ2) is 5.22. The van der Waals surface area contributed by atoms with Crippen molar-refractivity contribution in [2.75, 3.05) is 13.2 Å². The van der Waals surface area contributed by atoms with Gasteiger partial charge in [0, 0.05) is 0 Å². The number of nitrogens with one attached hydrogen (secondary N) is 2. The summed E-state index contributed by atoms with van der Waals surface area (Å²) in [6.45, 7) is -0.188. The van der Waals surface area contributed by atoms with Crippen molar-refractivity contribution < 1.29 is 19.1 Å². The van der Waals surface area contributed by atoms with E-state index in [9.17, 15) is 14.7 Å². The predicted octanol–water partition coefficient (Wildman–Crippen LogP) is 0.0406. The Morgan fingerprint density at radius 2 is 2.22 bits per heavy atom. The Morgan fingerprint density at radius 3 is 2.72 bits per heavy atom. The van der Waals surface area contributed by atoms with Gasteiger partial charge in [0.2, 0.25) is 5.91 Å². The summed E-state index contributed by atoms with van der Waals surface area (Å²) < 4.78 is 4.90. The van der Waals surface area contributed by atoms with Gasteiger partial charge in [0.25, 0.3) is 5.91 Å². The van der Waals surface area contributed by atoms with E-state index in [1.807, 2.05) is 0 Å². The highest BCUT2D eigenvalue weighted by atomic mass is 16.3. The van der Waals surface area contributed by atoms with Crippen molar-refractivity contribution in [3.63, 3.8) is 0 Å². The fourth-order valence-electron chi connectivity index (χ4n) is 1.92. The highest BCUT2D eigenvalue weighted by Crippen LogP contribution is 2.30. The van der Waals surface area contributed by atoms with Crippen LogP contribution in [0.25, 0.3) is 0 Å². The van der Waals surface area contributed by atoms with Gasteiger partial charge in [-0.25, -0.2) is 0 Å². The number of carbonyl (C=O) groups is 2. The zero-order valence-corrected chi connectivity index (χ0v) is 9.94. The lowest BCUT2D eigenvalue weighted by atomic mass is 9.77. The summed E-state index contributed by atoms with van der Waals surface area (Å²) in [7, 11) is 0. The van der Waals surface area contributed by atoms with Gasteiger partial charge in [-0.15, -0.1) is 0 Å². The second-order valence-electron chi connectivity index (χ2n) is 4.50. The Kier molecular flexibility index (Phi) is 3.66. The van der Waals surface area contributed by atoms with Crippen LogP contribution in [-0.2, 0) is 4.79 Å². The van der Waals surface area contributed by atoms with Crippen molar-refractivity contribution in [2.45, 2.75) is 24.8 Å². The average molecular weight is 252 g/mol. The first-order valence-corrected chi connectivity index (χ1v) is 5.89. The molecule has 1 saturated carbocycles. The van der Waals surface area contributed by atoms with Crippen LogP contribution in [0.5, 0.6) is 0 Å². The van der Waals surface area contributed by atoms with Crippen molar-refractivity contribution in [3.05, 3.63) is 24.2 Å². The van der Waals surface area contributed by atoms with E-state index in [1.54, 1.807) is 6.07 Å². The van der Waals surface area contributed by atoms with Gasteiger partial charge in [-0.3, -0.25) is 9.59 Å². The standard InChI is InChI=1S/C12H16N2O4/c15-8-12(4-2-5-12)14-10(16)7-13-11(17)9-3-1-6-18-9/h1,3,6,15H,2,4-5,7-8H2,(H,13,17)(H,14,16). The van der Waals surface area contributed by atoms with Crippen molar-refractivity contribution >= 4 is 11.8 Å². The molecule has 0 spiro atoms. The van der Waals surface area contributed by atoms with Crippen LogP contribution < -0.4 is 10.6 Å². The van der Waals surface area contributed by atoms with Gasteiger partial charge in [0.05, 0.1) is 25.0 Å². The fraction of sp³-hybridized carbons (Fsp3) is 0.500. The molecule has 2 amide bonds. The highest BCUT2D eigenvalue weighted by molar-refractivity contribution is 5.94. The maximum absolute atomic E-state index is 11.6. The minimum Gasteiger partial charge on any atom is -0.459 e. The fourth-order valence-corrected chi connectivity index (χ4v) is 1.92. The van der Waals surface area contributed by atoms with Crippen LogP contribution in [0.1, 0.15) is 29.8 Å². The molecule has 1 aromatic rings. The zero-order valence-electron chi connectivity index (χ0n) is 9.94. The third-order valence-electron chi connectivity index (χ3n) is 3.17. The van der Waals surface area contributed by atoms with Gasteiger partial charge in [-0.2, -0.15) is 0 Å². The minimum atomic E-state index is -0.480. The van der Waals surface area contributed by atoms with E-state index in [0.717, 1.165) is 19.3 Å². The molecule has 0 bridgehead atoms. The monoisotopic (exact) mass is 252 g/mol. The molecule has 6 heteroatoms. The average Bonchev–Trinajstić information content (AvgIpc) is 2.84. The lowest BCUT2D eigenvalue weighted by Crippen LogP contribution is -2.57. The topological polar surface area (TPSA) is 91.6 Å². The number of aliphatic hydroxyl groups excluding tert-OH is 1. The van der Waals surface area contributed by atoms with E-state index in [1.165, 1.54) is 12.3 Å². The largest absolute Gasteiger partial charge is 0.459 e. The highest BCUT2D eigenvalue weighted by Gasteiger charge is 2.37. The summed E-state index contributed by atoms with van der Waals surface area (Å²) in [6.07, 6.45) is 3.95. The molecule has 0 aliphatic heterocycles. The van der Waals surface area contributed by atoms with Gasteiger partial charge in [0.1, 0.15) is 0 Å². The lowest BCUT2D eigenvalue weighted by Gasteiger charge is -2.40. The Hall–Kier alpha value is -1.82. The van der Waals surface area contributed by atoms with Crippen LogP contribution in [-0.4, -0.2) is 35.6 Å². The van der Waals surface area contributed by atoms with E-state index in [4.69, 9.17) is 4.42 Å². The van der Waals surface area contributed by atoms with E-state index < -0.39 is 11.4 Å². The first-order valence-electron chi connectivity index (χ1n) is 5.89. The lowest BCUT2D eigenvalue weighted by molar-refractivity contribution is -0.124. The van der Waals surface area contributed by atoms with Crippen molar-refractivity contribution in [1.29, 1.82) is 0 Å². The van der Waals surface area contributed by atoms with Crippen LogP contribution in [0.2, 0.25) is 0 Å². The maximum Gasteiger partial charge on any atom is 0.287 e. The Morgan fingerprint density at radius 1 is 1.44 bits per heavy atom. The minimum absolute atomic E-state index is 0.0646. The first kappa shape index (κ1) is 12.6. The molecule has 0 saturated heterocycles. The zero-order chi connectivity index (χ0) is 13.0. The molecule has 1 aliphatic carbocycles. The first-order chi connectivity index (χ1) is 8.65. The number of furan rings is 1. The van der Waals surface area contributed by atoms with Gasteiger partial charge in [0.15, 0.2) is 5.76 Å². The Balaban J connectivity index is 1.77. The van der Waals surface area contributed by atoms with Crippen LogP contribution in [0, 0.1) is 0 Å². The summed E-state index contributed by atoms with van der Waals surface area (Å²) >= 11 is 0. The number of amides is 2. The van der Waals surface area contributed by atoms with Crippen LogP contribution in [0.15, 0.2) is 22.8 Å². The van der Waals surface area contributed by atoms with E-state index in [0.29, 0.717) is 0 Å². The van der Waals surface area contributed by atoms with Gasteiger partial charge in [-0.1, -0.05) is 0 Å². The molecule has 0 atom stereocenters. The van der Waals surface area contributed by atoms with Gasteiger partial charge >= 0.3 is 0 Å². The summed E-state index contributed by atoms with van der Waals surface area (Å²) in [5.74, 6) is -0.561. The van der Waals surface area contributed by atoms with Crippen LogP contribution >= 0.6 is 0 Å². The van der Waals surface area contributed by atoms with Crippen LogP contribution in [0.3, 0.4) is 0 Å². The number of aliphatic hydroxyl groups is 1. The number of hydrogen-bond donors (Lipinski definition) is 3. The van der Waals surface area contributed by atoms with Crippen molar-refractivity contribution in [3.8, 4) is 0 Å². The second-order valence-corrected chi connectivity index (χ2v) is 4.50. The van der Waals surface area contributed by atoms with Gasteiger partial charge in [-0.05, 0) is 31.4 Å². The third kappa shape index (κ3) is 2.70. The summed E-state index contributed by atoms with van der Waals surface area (Å²) in [4.78, 5) is 23.1. The predicted molar refractivity (Wildman–Crippen MR) is 62.9 cm³/mol. The van der Waals surface area contributed by atoms with E-state index >= 15 is 0 Å². The molecule has 6 nitrogen and oxygen atoms in total. The quantitative estimate of drug-likeness (QED) is 0.690. The molecular weight excluding hydrogens is 236 g/mol. The van der Waals surface area contributed by atoms with E-state index in [-0.39, 0.29) is 24.8 Å². The molecule has 98 valence electrons. The molecule has 0 aromatic carbocycles. The molecule has 1 fully saturated rings. The molecule has 0 radical (unpaired) electrons. The smallest absolute Gasteiger partial charge is 0.287 e. The normalized spacial score (nSPS) is 16.7. The molecule has 0 unspecified atom stereocenters. The molecule has 1 heterocycles. The van der Waals surface area contributed by atoms with Crippen LogP contribution in [0.4, 0.5) is 0 Å². The number of carbonyl (C=O) groups excluding carboxylic acids is 2. The maximum atomic E-state index is 11.6. The molecule has 3 N–H and O–H groups in total. The number of hydrogen-bond acceptors (Lipinski definition) is 4. The SMILES string of the molecule is O=C(CNC(=O)c1ccco1)NC1(CO)CCC1. The summed E-state index contributed by atoms with van der Waals surface area (Å²) in [5, 5.41) is 14.4. The molecule has 18 heavy (non-hydrogen) atoms. The third-order valence-corrected chi connectivity index (χ3v) is 3.17. The summed E-state index contributed by atoms with van der Waals surface area (Å²) in [5.41, 5.74) is -0.480. The van der Waals surface area contributed by atoms with Crippen molar-refractivity contribution in [1.82, 2.24) is 10.6 Å². The van der Waals surface area contributed by atoms with Crippen molar-refractivity contribution in [2.24, 2.45) is 0 Å². The van der Waals surface area contributed by atoms with E-state index in [2.05, 4.69) is 10.6 Å². The molecule has 2 rings (SSSR count). The summed E-state index contributed by atoms with van der Waals surface area (Å²) in [6, 6.07) is 3.12. The molecular formula is C12H16N2O4. The Labute approximate surface area is 104 Å².